The third-order valence-electron chi connectivity index (χ3n) is 4.43. The zero-order valence-electron chi connectivity index (χ0n) is 15.7. The standard InChI is InChI=1S/C23H20N2O2S/c1-23(2,27-19-10-4-3-5-11-19)21(26)25-22-24-20(15-28-22)18-13-12-16-8-6-7-9-17(16)14-18/h3-15H,1-2H3,(H,24,25,26). The Morgan fingerprint density at radius 1 is 0.964 bits per heavy atom. The lowest BCUT2D eigenvalue weighted by atomic mass is 10.1. The van der Waals surface area contributed by atoms with Gasteiger partial charge in [0.25, 0.3) is 5.91 Å². The molecule has 0 spiro atoms. The Balaban J connectivity index is 1.50. The zero-order valence-corrected chi connectivity index (χ0v) is 16.5. The number of rotatable bonds is 5. The number of fused-ring (bicyclic) bond motifs is 1. The fraction of sp³-hybridized carbons (Fsp3) is 0.130. The monoisotopic (exact) mass is 388 g/mol. The maximum atomic E-state index is 12.7. The van der Waals surface area contributed by atoms with Crippen LogP contribution in [0.3, 0.4) is 0 Å². The highest BCUT2D eigenvalue weighted by molar-refractivity contribution is 7.14. The van der Waals surface area contributed by atoms with Crippen LogP contribution in [-0.4, -0.2) is 16.5 Å². The minimum absolute atomic E-state index is 0.240. The second-order valence-electron chi connectivity index (χ2n) is 6.98. The Bertz CT molecular complexity index is 1120. The van der Waals surface area contributed by atoms with Gasteiger partial charge in [-0.15, -0.1) is 11.3 Å². The van der Waals surface area contributed by atoms with Crippen molar-refractivity contribution in [2.45, 2.75) is 19.4 Å². The number of nitrogens with one attached hydrogen (secondary N) is 1. The minimum Gasteiger partial charge on any atom is -0.478 e. The molecule has 1 heterocycles. The third kappa shape index (κ3) is 3.89. The smallest absolute Gasteiger partial charge is 0.269 e. The van der Waals surface area contributed by atoms with E-state index in [9.17, 15) is 4.79 Å². The second kappa shape index (κ2) is 7.44. The van der Waals surface area contributed by atoms with Gasteiger partial charge in [0.05, 0.1) is 5.69 Å². The molecule has 1 amide bonds. The molecule has 4 aromatic rings. The first-order chi connectivity index (χ1) is 13.5. The molecule has 4 nitrogen and oxygen atoms in total. The van der Waals surface area contributed by atoms with E-state index in [2.05, 4.69) is 34.6 Å². The molecular formula is C23H20N2O2S. The molecule has 0 radical (unpaired) electrons. The molecule has 3 aromatic carbocycles. The minimum atomic E-state index is -1.02. The largest absolute Gasteiger partial charge is 0.478 e. The van der Waals surface area contributed by atoms with E-state index in [1.54, 1.807) is 13.8 Å². The number of carbonyl (C=O) groups is 1. The molecule has 0 saturated carbocycles. The summed E-state index contributed by atoms with van der Waals surface area (Å²) in [5.41, 5.74) is 0.846. The molecule has 28 heavy (non-hydrogen) atoms. The van der Waals surface area contributed by atoms with Crippen LogP contribution in [-0.2, 0) is 4.79 Å². The molecule has 0 atom stereocenters. The first kappa shape index (κ1) is 18.2. The number of aromatic nitrogens is 1. The Labute approximate surface area is 167 Å². The molecule has 0 aliphatic carbocycles. The summed E-state index contributed by atoms with van der Waals surface area (Å²) in [6.07, 6.45) is 0. The SMILES string of the molecule is CC(C)(Oc1ccccc1)C(=O)Nc1nc(-c2ccc3ccccc3c2)cs1. The number of para-hydroxylation sites is 1. The Morgan fingerprint density at radius 3 is 2.46 bits per heavy atom. The normalized spacial score (nSPS) is 11.4. The van der Waals surface area contributed by atoms with E-state index in [1.165, 1.54) is 16.7 Å². The third-order valence-corrected chi connectivity index (χ3v) is 5.19. The number of hydrogen-bond acceptors (Lipinski definition) is 4. The van der Waals surface area contributed by atoms with Crippen LogP contribution >= 0.6 is 11.3 Å². The summed E-state index contributed by atoms with van der Waals surface area (Å²) in [6, 6.07) is 23.8. The van der Waals surface area contributed by atoms with Crippen LogP contribution in [0.5, 0.6) is 5.75 Å². The predicted molar refractivity (Wildman–Crippen MR) is 115 cm³/mol. The van der Waals surface area contributed by atoms with E-state index in [-0.39, 0.29) is 5.91 Å². The Kier molecular flexibility index (Phi) is 4.84. The van der Waals surface area contributed by atoms with Crippen LogP contribution in [0, 0.1) is 0 Å². The lowest BCUT2D eigenvalue weighted by Crippen LogP contribution is -2.42. The van der Waals surface area contributed by atoms with Gasteiger partial charge < -0.3 is 4.74 Å². The topological polar surface area (TPSA) is 51.2 Å². The van der Waals surface area contributed by atoms with Crippen molar-refractivity contribution in [2.24, 2.45) is 0 Å². The van der Waals surface area contributed by atoms with Crippen molar-refractivity contribution in [3.05, 3.63) is 78.2 Å². The van der Waals surface area contributed by atoms with Crippen LogP contribution in [0.1, 0.15) is 13.8 Å². The highest BCUT2D eigenvalue weighted by Gasteiger charge is 2.30. The summed E-state index contributed by atoms with van der Waals surface area (Å²) in [6.45, 7) is 3.49. The van der Waals surface area contributed by atoms with Crippen molar-refractivity contribution in [1.82, 2.24) is 4.98 Å². The predicted octanol–water partition coefficient (Wildman–Crippen LogP) is 5.76. The van der Waals surface area contributed by atoms with Crippen LogP contribution in [0.15, 0.2) is 78.2 Å². The fourth-order valence-electron chi connectivity index (χ4n) is 2.89. The molecule has 0 aliphatic heterocycles. The lowest BCUT2D eigenvalue weighted by molar-refractivity contribution is -0.128. The van der Waals surface area contributed by atoms with Crippen molar-refractivity contribution in [1.29, 1.82) is 0 Å². The van der Waals surface area contributed by atoms with Gasteiger partial charge in [0.15, 0.2) is 10.7 Å². The highest BCUT2D eigenvalue weighted by Crippen LogP contribution is 2.28. The van der Waals surface area contributed by atoms with Crippen LogP contribution < -0.4 is 10.1 Å². The van der Waals surface area contributed by atoms with Crippen molar-refractivity contribution in [2.75, 3.05) is 5.32 Å². The molecule has 0 aliphatic rings. The van der Waals surface area contributed by atoms with Crippen molar-refractivity contribution in [3.8, 4) is 17.0 Å². The van der Waals surface area contributed by atoms with Gasteiger partial charge >= 0.3 is 0 Å². The van der Waals surface area contributed by atoms with E-state index in [0.717, 1.165) is 16.6 Å². The first-order valence-corrected chi connectivity index (χ1v) is 9.89. The van der Waals surface area contributed by atoms with Crippen LogP contribution in [0.2, 0.25) is 0 Å². The maximum Gasteiger partial charge on any atom is 0.269 e. The van der Waals surface area contributed by atoms with E-state index in [4.69, 9.17) is 4.74 Å². The quantitative estimate of drug-likeness (QED) is 0.473. The Morgan fingerprint density at radius 2 is 1.68 bits per heavy atom. The zero-order chi connectivity index (χ0) is 19.6. The maximum absolute atomic E-state index is 12.7. The molecule has 5 heteroatoms. The van der Waals surface area contributed by atoms with Gasteiger partial charge in [0.2, 0.25) is 0 Å². The van der Waals surface area contributed by atoms with E-state index < -0.39 is 5.60 Å². The molecule has 0 bridgehead atoms. The molecule has 0 fully saturated rings. The van der Waals surface area contributed by atoms with Gasteiger partial charge in [-0.3, -0.25) is 10.1 Å². The summed E-state index contributed by atoms with van der Waals surface area (Å²) in [7, 11) is 0. The van der Waals surface area contributed by atoms with Crippen molar-refractivity contribution >= 4 is 33.1 Å². The van der Waals surface area contributed by atoms with Crippen LogP contribution in [0.25, 0.3) is 22.0 Å². The van der Waals surface area contributed by atoms with Gasteiger partial charge in [-0.1, -0.05) is 54.6 Å². The van der Waals surface area contributed by atoms with Gasteiger partial charge in [-0.05, 0) is 42.8 Å². The van der Waals surface area contributed by atoms with Crippen molar-refractivity contribution in [3.63, 3.8) is 0 Å². The van der Waals surface area contributed by atoms with Gasteiger partial charge in [0.1, 0.15) is 5.75 Å². The first-order valence-electron chi connectivity index (χ1n) is 9.01. The second-order valence-corrected chi connectivity index (χ2v) is 7.84. The van der Waals surface area contributed by atoms with Gasteiger partial charge in [0, 0.05) is 10.9 Å². The average molecular weight is 388 g/mol. The molecular weight excluding hydrogens is 368 g/mol. The number of benzene rings is 3. The van der Waals surface area contributed by atoms with Crippen molar-refractivity contribution < 1.29 is 9.53 Å². The highest BCUT2D eigenvalue weighted by atomic mass is 32.1. The lowest BCUT2D eigenvalue weighted by Gasteiger charge is -2.24. The molecule has 0 saturated heterocycles. The summed E-state index contributed by atoms with van der Waals surface area (Å²) < 4.78 is 5.84. The van der Waals surface area contributed by atoms with Gasteiger partial charge in [-0.2, -0.15) is 0 Å². The van der Waals surface area contributed by atoms with Gasteiger partial charge in [-0.25, -0.2) is 4.98 Å². The molecule has 4 rings (SSSR count). The van der Waals surface area contributed by atoms with E-state index in [0.29, 0.717) is 10.9 Å². The molecule has 1 aromatic heterocycles. The summed E-state index contributed by atoms with van der Waals surface area (Å²) in [4.78, 5) is 17.3. The van der Waals surface area contributed by atoms with Crippen LogP contribution in [0.4, 0.5) is 5.13 Å². The number of nitrogens with zero attached hydrogens (tertiary/aromatic N) is 1. The average Bonchev–Trinajstić information content (AvgIpc) is 3.16. The van der Waals surface area contributed by atoms with E-state index in [1.807, 2.05) is 53.9 Å². The molecule has 1 N–H and O–H groups in total. The summed E-state index contributed by atoms with van der Waals surface area (Å²) in [5.74, 6) is 0.411. The number of hydrogen-bond donors (Lipinski definition) is 1. The fourth-order valence-corrected chi connectivity index (χ4v) is 3.60. The number of ether oxygens (including phenoxy) is 1. The number of carbonyl (C=O) groups excluding carboxylic acids is 1. The number of amides is 1. The summed E-state index contributed by atoms with van der Waals surface area (Å²) in [5, 5.41) is 7.73. The Hall–Kier alpha value is -3.18. The molecule has 140 valence electrons. The summed E-state index contributed by atoms with van der Waals surface area (Å²) >= 11 is 1.40. The molecule has 0 unspecified atom stereocenters. The number of thiazole rings is 1. The van der Waals surface area contributed by atoms with E-state index >= 15 is 0 Å². The number of anilines is 1.